The molecule has 4 N–H and O–H groups in total. The van der Waals surface area contributed by atoms with E-state index in [2.05, 4.69) is 27.5 Å². The fourth-order valence-electron chi connectivity index (χ4n) is 7.35. The van der Waals surface area contributed by atoms with Gasteiger partial charge in [-0.2, -0.15) is 0 Å². The van der Waals surface area contributed by atoms with Crippen molar-refractivity contribution in [2.75, 3.05) is 11.9 Å². The van der Waals surface area contributed by atoms with Gasteiger partial charge in [0.15, 0.2) is 0 Å². The Kier molecular flexibility index (Phi) is 9.12. The number of carbonyl (C=O) groups is 5. The number of para-hydroxylation sites is 1. The van der Waals surface area contributed by atoms with E-state index in [1.807, 2.05) is 30.3 Å². The maximum atomic E-state index is 14.4. The predicted molar refractivity (Wildman–Crippen MR) is 180 cm³/mol. The summed E-state index contributed by atoms with van der Waals surface area (Å²) in [5.41, 5.74) is 0.905. The SMILES string of the molecule is C=C[C@@H]1CC1(NC(=O)[C@@H]1C[C@@H](N2Cc3cccc(-c4cccnc4)c3NC2=O)CN1C(=O)[C@H](NC(=O)OC1CCCC1)C(C)(C)C)C(=O)O. The Morgan fingerprint density at radius 2 is 1.92 bits per heavy atom. The number of hydrogen-bond acceptors (Lipinski definition) is 7. The van der Waals surface area contributed by atoms with Gasteiger partial charge in [0.25, 0.3) is 0 Å². The summed E-state index contributed by atoms with van der Waals surface area (Å²) in [6.07, 6.45) is 7.70. The molecule has 2 aliphatic heterocycles. The topological polar surface area (TPSA) is 170 Å². The number of pyridine rings is 1. The standard InChI is InChI=1S/C36H44N6O7/c1-5-23-17-36(23,32(45)46)40-30(43)27-16-24(20-42(27)31(44)29(35(2,3)4)39-34(48)49-25-12-6-7-13-25)41-19-22-10-8-14-26(28(22)38-33(41)47)21-11-9-15-37-18-21/h5,8-11,14-15,18,23-25,27,29H,1,6-7,12-13,16-17,19-20H2,2-4H3,(H,38,47)(H,39,48)(H,40,43)(H,45,46)/t23-,24-,27+,29+,36?/m1/s1. The third-order valence-electron chi connectivity index (χ3n) is 10.2. The zero-order valence-electron chi connectivity index (χ0n) is 28.1. The Morgan fingerprint density at radius 1 is 1.16 bits per heavy atom. The van der Waals surface area contributed by atoms with Crippen molar-refractivity contribution in [2.45, 2.75) is 95.6 Å². The molecule has 13 nitrogen and oxygen atoms in total. The molecule has 13 heteroatoms. The van der Waals surface area contributed by atoms with Crippen LogP contribution in [0.15, 0.2) is 55.4 Å². The molecule has 0 spiro atoms. The second kappa shape index (κ2) is 13.2. The van der Waals surface area contributed by atoms with Gasteiger partial charge >= 0.3 is 18.1 Å². The number of aliphatic carboxylic acids is 1. The number of aromatic nitrogens is 1. The minimum atomic E-state index is -1.51. The Morgan fingerprint density at radius 3 is 2.55 bits per heavy atom. The molecule has 2 saturated carbocycles. The predicted octanol–water partition coefficient (Wildman–Crippen LogP) is 4.29. The van der Waals surface area contributed by atoms with Gasteiger partial charge in [-0.1, -0.05) is 51.1 Å². The van der Waals surface area contributed by atoms with Crippen LogP contribution in [0.3, 0.4) is 0 Å². The average Bonchev–Trinajstić information content (AvgIpc) is 3.35. The van der Waals surface area contributed by atoms with Crippen LogP contribution >= 0.6 is 0 Å². The van der Waals surface area contributed by atoms with E-state index in [4.69, 9.17) is 4.74 Å². The molecule has 2 aromatic rings. The van der Waals surface area contributed by atoms with E-state index in [1.165, 1.54) is 11.0 Å². The van der Waals surface area contributed by atoms with Crippen molar-refractivity contribution in [1.82, 2.24) is 25.4 Å². The monoisotopic (exact) mass is 672 g/mol. The van der Waals surface area contributed by atoms with Crippen molar-refractivity contribution in [2.24, 2.45) is 11.3 Å². The number of urea groups is 1. The number of hydrogen-bond donors (Lipinski definition) is 4. The molecule has 0 bridgehead atoms. The van der Waals surface area contributed by atoms with E-state index in [9.17, 15) is 29.1 Å². The fraction of sp³-hybridized carbons (Fsp3) is 0.500. The van der Waals surface area contributed by atoms with Gasteiger partial charge in [-0.3, -0.25) is 14.6 Å². The van der Waals surface area contributed by atoms with Gasteiger partial charge in [-0.05, 0) is 55.6 Å². The summed E-state index contributed by atoms with van der Waals surface area (Å²) in [5, 5.41) is 18.5. The van der Waals surface area contributed by atoms with Gasteiger partial charge in [0.1, 0.15) is 23.7 Å². The maximum absolute atomic E-state index is 14.4. The van der Waals surface area contributed by atoms with Crippen molar-refractivity contribution in [3.8, 4) is 11.1 Å². The lowest BCUT2D eigenvalue weighted by Gasteiger charge is -2.36. The van der Waals surface area contributed by atoms with E-state index in [1.54, 1.807) is 38.1 Å². The van der Waals surface area contributed by atoms with Gasteiger partial charge in [0.05, 0.1) is 11.7 Å². The highest BCUT2D eigenvalue weighted by Crippen LogP contribution is 2.45. The Hall–Kier alpha value is -4.94. The molecule has 5 atom stereocenters. The van der Waals surface area contributed by atoms with E-state index < -0.39 is 58.9 Å². The number of carboxylic acid groups (broad SMARTS) is 1. The van der Waals surface area contributed by atoms with Crippen molar-refractivity contribution >= 4 is 35.6 Å². The normalized spacial score (nSPS) is 25.5. The molecule has 1 unspecified atom stereocenters. The second-order valence-electron chi connectivity index (χ2n) is 14.6. The Labute approximate surface area is 285 Å². The molecular weight excluding hydrogens is 628 g/mol. The van der Waals surface area contributed by atoms with Crippen LogP contribution in [0.25, 0.3) is 11.1 Å². The molecule has 5 amide bonds. The average molecular weight is 673 g/mol. The van der Waals surface area contributed by atoms with Crippen LogP contribution in [-0.2, 0) is 25.7 Å². The molecule has 6 rings (SSSR count). The highest BCUT2D eigenvalue weighted by atomic mass is 16.6. The maximum Gasteiger partial charge on any atom is 0.408 e. The number of rotatable bonds is 9. The number of benzene rings is 1. The van der Waals surface area contributed by atoms with Gasteiger partial charge in [0, 0.05) is 42.5 Å². The number of nitrogens with zero attached hydrogens (tertiary/aromatic N) is 3. The molecule has 260 valence electrons. The lowest BCUT2D eigenvalue weighted by molar-refractivity contribution is -0.146. The number of carbonyl (C=O) groups excluding carboxylic acids is 4. The van der Waals surface area contributed by atoms with E-state index >= 15 is 0 Å². The Balaban J connectivity index is 1.28. The highest BCUT2D eigenvalue weighted by Gasteiger charge is 2.61. The van der Waals surface area contributed by atoms with Gasteiger partial charge in [-0.25, -0.2) is 14.4 Å². The molecular formula is C36H44N6O7. The zero-order valence-corrected chi connectivity index (χ0v) is 28.1. The lowest BCUT2D eigenvalue weighted by Crippen LogP contribution is -2.59. The molecule has 2 aliphatic carbocycles. The van der Waals surface area contributed by atoms with Crippen LogP contribution in [0.4, 0.5) is 15.3 Å². The number of carboxylic acids is 1. The first-order valence-electron chi connectivity index (χ1n) is 16.9. The first-order valence-corrected chi connectivity index (χ1v) is 16.9. The smallest absolute Gasteiger partial charge is 0.408 e. The van der Waals surface area contributed by atoms with E-state index in [0.717, 1.165) is 42.4 Å². The number of fused-ring (bicyclic) bond motifs is 1. The number of ether oxygens (including phenoxy) is 1. The number of anilines is 1. The summed E-state index contributed by atoms with van der Waals surface area (Å²) in [4.78, 5) is 74.6. The third-order valence-corrected chi connectivity index (χ3v) is 10.2. The van der Waals surface area contributed by atoms with Gasteiger partial charge in [0.2, 0.25) is 11.8 Å². The molecule has 1 saturated heterocycles. The Bertz CT molecular complexity index is 1650. The van der Waals surface area contributed by atoms with Crippen LogP contribution in [0.1, 0.15) is 64.9 Å². The van der Waals surface area contributed by atoms with Crippen LogP contribution < -0.4 is 16.0 Å². The number of likely N-dealkylation sites (tertiary alicyclic amines) is 1. The second-order valence-corrected chi connectivity index (χ2v) is 14.6. The molecule has 3 heterocycles. The minimum absolute atomic E-state index is 0.00113. The fourth-order valence-corrected chi connectivity index (χ4v) is 7.35. The molecule has 4 aliphatic rings. The number of nitrogens with one attached hydrogen (secondary N) is 3. The quantitative estimate of drug-likeness (QED) is 0.286. The van der Waals surface area contributed by atoms with E-state index in [0.29, 0.717) is 5.69 Å². The van der Waals surface area contributed by atoms with Crippen LogP contribution in [0.5, 0.6) is 0 Å². The number of amides is 5. The largest absolute Gasteiger partial charge is 0.479 e. The zero-order chi connectivity index (χ0) is 35.1. The van der Waals surface area contributed by atoms with E-state index in [-0.39, 0.29) is 38.1 Å². The van der Waals surface area contributed by atoms with Crippen molar-refractivity contribution in [1.29, 1.82) is 0 Å². The van der Waals surface area contributed by atoms with Crippen LogP contribution in [-0.4, -0.2) is 86.1 Å². The molecule has 49 heavy (non-hydrogen) atoms. The van der Waals surface area contributed by atoms with Gasteiger partial charge < -0.3 is 35.6 Å². The number of alkyl carbamates (subject to hydrolysis) is 1. The summed E-state index contributed by atoms with van der Waals surface area (Å²) in [6, 6.07) is 6.32. The molecule has 1 aromatic heterocycles. The van der Waals surface area contributed by atoms with Crippen molar-refractivity contribution in [3.05, 3.63) is 60.9 Å². The molecule has 0 radical (unpaired) electrons. The first-order chi connectivity index (χ1) is 23.3. The van der Waals surface area contributed by atoms with Crippen molar-refractivity contribution < 1.29 is 33.8 Å². The van der Waals surface area contributed by atoms with Gasteiger partial charge in [-0.15, -0.1) is 6.58 Å². The summed E-state index contributed by atoms with van der Waals surface area (Å²) in [7, 11) is 0. The first kappa shape index (κ1) is 33.9. The van der Waals surface area contributed by atoms with Crippen molar-refractivity contribution in [3.63, 3.8) is 0 Å². The summed E-state index contributed by atoms with van der Waals surface area (Å²) >= 11 is 0. The summed E-state index contributed by atoms with van der Waals surface area (Å²) in [6.45, 7) is 9.35. The van der Waals surface area contributed by atoms with Crippen LogP contribution in [0.2, 0.25) is 0 Å². The lowest BCUT2D eigenvalue weighted by atomic mass is 9.85. The summed E-state index contributed by atoms with van der Waals surface area (Å²) in [5.74, 6) is -2.79. The molecule has 1 aromatic carbocycles. The minimum Gasteiger partial charge on any atom is -0.479 e. The highest BCUT2D eigenvalue weighted by molar-refractivity contribution is 5.99. The third kappa shape index (κ3) is 6.70. The summed E-state index contributed by atoms with van der Waals surface area (Å²) < 4.78 is 5.61. The molecule has 3 fully saturated rings. The van der Waals surface area contributed by atoms with Crippen LogP contribution in [0, 0.1) is 11.3 Å².